The number of nitrogens with zero attached hydrogens (tertiary/aromatic N) is 1. The van der Waals surface area contributed by atoms with Crippen LogP contribution in [0.15, 0.2) is 66.0 Å². The number of hydrogen-bond acceptors (Lipinski definition) is 5. The molecule has 0 radical (unpaired) electrons. The molecule has 6 nitrogen and oxygen atoms in total. The minimum atomic E-state index is -0.368. The first-order valence-electron chi connectivity index (χ1n) is 10.3. The Kier molecular flexibility index (Phi) is 11.4. The maximum absolute atomic E-state index is 12.0. The maximum Gasteiger partial charge on any atom is 0.309 e. The molecule has 1 fully saturated rings. The Bertz CT molecular complexity index is 722. The standard InChI is InChI=1S/C17H24O2.C7H9N.HNO2/c1-17(2,3)19-16(18)15-11-9-14(10-12-15)13-7-5-4-6-8-13;8-6-7-4-2-1-3-5-7;2-1-3/h4-8,14-15H,9-12H2,1-3H3;1-5H,6,8H2;(H,2,3). The summed E-state index contributed by atoms with van der Waals surface area (Å²) < 4.78 is 5.48. The minimum absolute atomic E-state index is 0.0148. The smallest absolute Gasteiger partial charge is 0.309 e. The van der Waals surface area contributed by atoms with Crippen LogP contribution in [0.1, 0.15) is 63.5 Å². The number of carbonyl (C=O) groups excluding carboxylic acids is 1. The third-order valence-electron chi connectivity index (χ3n) is 4.82. The number of esters is 1. The molecule has 3 rings (SSSR count). The highest BCUT2D eigenvalue weighted by atomic mass is 16.6. The van der Waals surface area contributed by atoms with Crippen molar-refractivity contribution >= 4 is 5.97 Å². The first kappa shape index (κ1) is 25.3. The number of rotatable bonds is 3. The Morgan fingerprint density at radius 3 is 1.87 bits per heavy atom. The first-order valence-corrected chi connectivity index (χ1v) is 10.3. The summed E-state index contributed by atoms with van der Waals surface area (Å²) in [6.07, 6.45) is 4.09. The van der Waals surface area contributed by atoms with Gasteiger partial charge in [0.25, 0.3) is 0 Å². The number of nitrogens with two attached hydrogens (primary N) is 1. The largest absolute Gasteiger partial charge is 0.460 e. The van der Waals surface area contributed by atoms with Crippen molar-refractivity contribution in [2.45, 2.75) is 64.5 Å². The van der Waals surface area contributed by atoms with Crippen LogP contribution >= 0.6 is 0 Å². The highest BCUT2D eigenvalue weighted by Crippen LogP contribution is 2.36. The maximum atomic E-state index is 12.0. The molecule has 0 amide bonds. The summed E-state index contributed by atoms with van der Waals surface area (Å²) in [7, 11) is 0. The molecular formula is C24H34N2O4. The topological polar surface area (TPSA) is 102 Å². The van der Waals surface area contributed by atoms with Crippen molar-refractivity contribution in [3.8, 4) is 0 Å². The van der Waals surface area contributed by atoms with E-state index in [2.05, 4.69) is 30.3 Å². The van der Waals surface area contributed by atoms with Gasteiger partial charge in [-0.15, -0.1) is 4.91 Å². The van der Waals surface area contributed by atoms with Crippen molar-refractivity contribution in [1.29, 1.82) is 0 Å². The van der Waals surface area contributed by atoms with Crippen molar-refractivity contribution in [3.63, 3.8) is 0 Å². The predicted octanol–water partition coefficient (Wildman–Crippen LogP) is 5.59. The Morgan fingerprint density at radius 1 is 1.00 bits per heavy atom. The molecule has 0 bridgehead atoms. The fraction of sp³-hybridized carbons (Fsp3) is 0.458. The van der Waals surface area contributed by atoms with Crippen LogP contribution in [0, 0.1) is 10.8 Å². The van der Waals surface area contributed by atoms with Gasteiger partial charge in [0.1, 0.15) is 5.60 Å². The molecule has 0 unspecified atom stereocenters. The molecule has 2 aromatic carbocycles. The van der Waals surface area contributed by atoms with E-state index in [0.717, 1.165) is 25.7 Å². The molecule has 0 atom stereocenters. The molecular weight excluding hydrogens is 380 g/mol. The van der Waals surface area contributed by atoms with E-state index in [4.69, 9.17) is 20.6 Å². The van der Waals surface area contributed by atoms with Gasteiger partial charge >= 0.3 is 5.97 Å². The molecule has 30 heavy (non-hydrogen) atoms. The third-order valence-corrected chi connectivity index (χ3v) is 4.82. The van der Waals surface area contributed by atoms with Gasteiger partial charge in [-0.05, 0) is 63.5 Å². The quantitative estimate of drug-likeness (QED) is 0.387. The molecule has 1 aliphatic carbocycles. The second kappa shape index (κ2) is 13.5. The number of ether oxygens (including phenoxy) is 1. The fourth-order valence-electron chi connectivity index (χ4n) is 3.39. The summed E-state index contributed by atoms with van der Waals surface area (Å²) in [5.74, 6) is 0.693. The van der Waals surface area contributed by atoms with Gasteiger partial charge < -0.3 is 15.7 Å². The van der Waals surface area contributed by atoms with Crippen LogP contribution in [0.25, 0.3) is 0 Å². The number of hydrogen-bond donors (Lipinski definition) is 2. The van der Waals surface area contributed by atoms with E-state index < -0.39 is 0 Å². The van der Waals surface area contributed by atoms with Gasteiger partial charge in [0.2, 0.25) is 0 Å². The highest BCUT2D eigenvalue weighted by molar-refractivity contribution is 5.73. The summed E-state index contributed by atoms with van der Waals surface area (Å²) in [6.45, 7) is 6.43. The summed E-state index contributed by atoms with van der Waals surface area (Å²) in [4.78, 5) is 20.1. The molecule has 0 saturated heterocycles. The number of carbonyl (C=O) groups is 1. The Balaban J connectivity index is 0.000000338. The van der Waals surface area contributed by atoms with Crippen molar-refractivity contribution in [1.82, 2.24) is 0 Å². The van der Waals surface area contributed by atoms with Crippen LogP contribution < -0.4 is 5.73 Å². The van der Waals surface area contributed by atoms with Gasteiger partial charge in [0, 0.05) is 6.54 Å². The molecule has 2 aromatic rings. The zero-order chi connectivity index (χ0) is 22.4. The van der Waals surface area contributed by atoms with E-state index in [0.29, 0.717) is 12.5 Å². The molecule has 1 aliphatic rings. The zero-order valence-corrected chi connectivity index (χ0v) is 18.2. The third kappa shape index (κ3) is 10.2. The van der Waals surface area contributed by atoms with Gasteiger partial charge in [-0.3, -0.25) is 4.79 Å². The lowest BCUT2D eigenvalue weighted by Crippen LogP contribution is -2.30. The lowest BCUT2D eigenvalue weighted by Gasteiger charge is -2.30. The van der Waals surface area contributed by atoms with Crippen LogP contribution in [0.3, 0.4) is 0 Å². The molecule has 3 N–H and O–H groups in total. The fourth-order valence-corrected chi connectivity index (χ4v) is 3.39. The van der Waals surface area contributed by atoms with Crippen LogP contribution in [0.2, 0.25) is 0 Å². The summed E-state index contributed by atoms with van der Waals surface area (Å²) in [6, 6.07) is 20.6. The highest BCUT2D eigenvalue weighted by Gasteiger charge is 2.30. The van der Waals surface area contributed by atoms with Crippen molar-refractivity contribution < 1.29 is 14.7 Å². The number of benzene rings is 2. The molecule has 164 valence electrons. The monoisotopic (exact) mass is 414 g/mol. The average molecular weight is 415 g/mol. The second-order valence-electron chi connectivity index (χ2n) is 8.26. The molecule has 1 saturated carbocycles. The molecule has 6 heteroatoms. The lowest BCUT2D eigenvalue weighted by atomic mass is 9.79. The van der Waals surface area contributed by atoms with Gasteiger partial charge in [-0.2, -0.15) is 0 Å². The molecule has 0 spiro atoms. The second-order valence-corrected chi connectivity index (χ2v) is 8.26. The lowest BCUT2D eigenvalue weighted by molar-refractivity contribution is -0.161. The Hall–Kier alpha value is -2.73. The molecule has 0 aliphatic heterocycles. The Morgan fingerprint density at radius 2 is 1.47 bits per heavy atom. The van der Waals surface area contributed by atoms with E-state index >= 15 is 0 Å². The van der Waals surface area contributed by atoms with Gasteiger partial charge in [0.15, 0.2) is 5.34 Å². The molecule has 0 heterocycles. The van der Waals surface area contributed by atoms with E-state index in [1.54, 1.807) is 0 Å². The van der Waals surface area contributed by atoms with Crippen LogP contribution in [0.4, 0.5) is 0 Å². The SMILES string of the molecule is CC(C)(C)OC(=O)C1CCC(c2ccccc2)CC1.NCc1ccccc1.O=NO. The van der Waals surface area contributed by atoms with E-state index in [1.165, 1.54) is 16.5 Å². The minimum Gasteiger partial charge on any atom is -0.460 e. The predicted molar refractivity (Wildman–Crippen MR) is 119 cm³/mol. The molecule has 0 aromatic heterocycles. The van der Waals surface area contributed by atoms with E-state index in [9.17, 15) is 4.79 Å². The normalized spacial score (nSPS) is 18.0. The van der Waals surface area contributed by atoms with E-state index in [1.807, 2.05) is 51.1 Å². The summed E-state index contributed by atoms with van der Waals surface area (Å²) in [5.41, 5.74) is 7.58. The van der Waals surface area contributed by atoms with Gasteiger partial charge in [-0.25, -0.2) is 0 Å². The van der Waals surface area contributed by atoms with Crippen LogP contribution in [-0.4, -0.2) is 16.8 Å². The first-order chi connectivity index (χ1) is 14.3. The Labute approximate surface area is 179 Å². The van der Waals surface area contributed by atoms with Crippen molar-refractivity contribution in [2.24, 2.45) is 17.0 Å². The van der Waals surface area contributed by atoms with Crippen molar-refractivity contribution in [2.75, 3.05) is 0 Å². The van der Waals surface area contributed by atoms with Crippen LogP contribution in [-0.2, 0) is 16.1 Å². The van der Waals surface area contributed by atoms with Gasteiger partial charge in [-0.1, -0.05) is 60.7 Å². The summed E-state index contributed by atoms with van der Waals surface area (Å²) >= 11 is 0. The van der Waals surface area contributed by atoms with Crippen LogP contribution in [0.5, 0.6) is 0 Å². The van der Waals surface area contributed by atoms with E-state index in [-0.39, 0.29) is 17.5 Å². The van der Waals surface area contributed by atoms with Gasteiger partial charge in [0.05, 0.1) is 5.92 Å². The summed E-state index contributed by atoms with van der Waals surface area (Å²) in [5, 5.41) is 7.89. The zero-order valence-electron chi connectivity index (χ0n) is 18.2. The van der Waals surface area contributed by atoms with Crippen molar-refractivity contribution in [3.05, 3.63) is 76.7 Å². The average Bonchev–Trinajstić information content (AvgIpc) is 2.75.